The van der Waals surface area contributed by atoms with Gasteiger partial charge in [-0.3, -0.25) is 9.78 Å². The molecule has 1 atom stereocenters. The van der Waals surface area contributed by atoms with Crippen LogP contribution in [0, 0.1) is 5.92 Å². The first-order chi connectivity index (χ1) is 7.69. The molecule has 6 nitrogen and oxygen atoms in total. The SMILES string of the molecule is CC1CC(=O)N(Cc2cnc(NN)cn2)C1. The molecule has 1 aliphatic rings. The van der Waals surface area contributed by atoms with Crippen LogP contribution < -0.4 is 11.3 Å². The van der Waals surface area contributed by atoms with E-state index in [2.05, 4.69) is 22.3 Å². The molecule has 0 bridgehead atoms. The van der Waals surface area contributed by atoms with Crippen LogP contribution in [0.4, 0.5) is 5.82 Å². The maximum Gasteiger partial charge on any atom is 0.223 e. The lowest BCUT2D eigenvalue weighted by atomic mass is 10.2. The number of hydrogen-bond acceptors (Lipinski definition) is 5. The van der Waals surface area contributed by atoms with Crippen molar-refractivity contribution in [2.75, 3.05) is 12.0 Å². The first kappa shape index (κ1) is 10.8. The molecule has 2 heterocycles. The maximum absolute atomic E-state index is 11.6. The highest BCUT2D eigenvalue weighted by Crippen LogP contribution is 2.18. The third-order valence-corrected chi connectivity index (χ3v) is 2.61. The van der Waals surface area contributed by atoms with E-state index in [1.807, 2.05) is 4.90 Å². The number of amides is 1. The van der Waals surface area contributed by atoms with E-state index in [-0.39, 0.29) is 5.91 Å². The van der Waals surface area contributed by atoms with Crippen LogP contribution in [0.15, 0.2) is 12.4 Å². The number of nitrogen functional groups attached to an aromatic ring is 1. The summed E-state index contributed by atoms with van der Waals surface area (Å²) in [4.78, 5) is 21.6. The average molecular weight is 221 g/mol. The maximum atomic E-state index is 11.6. The minimum atomic E-state index is 0.190. The monoisotopic (exact) mass is 221 g/mol. The average Bonchev–Trinajstić information content (AvgIpc) is 2.59. The van der Waals surface area contributed by atoms with E-state index in [1.165, 1.54) is 0 Å². The van der Waals surface area contributed by atoms with Gasteiger partial charge in [0.1, 0.15) is 0 Å². The molecule has 1 unspecified atom stereocenters. The van der Waals surface area contributed by atoms with Gasteiger partial charge in [-0.05, 0) is 5.92 Å². The molecule has 0 spiro atoms. The molecule has 86 valence electrons. The predicted octanol–water partition coefficient (Wildman–Crippen LogP) is 0.131. The highest BCUT2D eigenvalue weighted by atomic mass is 16.2. The van der Waals surface area contributed by atoms with Crippen molar-refractivity contribution in [3.05, 3.63) is 18.1 Å². The van der Waals surface area contributed by atoms with Crippen molar-refractivity contribution >= 4 is 11.7 Å². The smallest absolute Gasteiger partial charge is 0.223 e. The van der Waals surface area contributed by atoms with Crippen LogP contribution in [0.1, 0.15) is 19.0 Å². The Hall–Kier alpha value is -1.69. The molecule has 0 saturated carbocycles. The molecule has 0 aromatic carbocycles. The minimum absolute atomic E-state index is 0.190. The summed E-state index contributed by atoms with van der Waals surface area (Å²) in [5, 5.41) is 0. The number of likely N-dealkylation sites (tertiary alicyclic amines) is 1. The highest BCUT2D eigenvalue weighted by molar-refractivity contribution is 5.78. The van der Waals surface area contributed by atoms with E-state index in [1.54, 1.807) is 12.4 Å². The van der Waals surface area contributed by atoms with Gasteiger partial charge in [-0.15, -0.1) is 0 Å². The number of nitrogens with one attached hydrogen (secondary N) is 1. The molecule has 1 aromatic rings. The van der Waals surface area contributed by atoms with Crippen molar-refractivity contribution < 1.29 is 4.79 Å². The number of hydrazine groups is 1. The Morgan fingerprint density at radius 2 is 2.38 bits per heavy atom. The van der Waals surface area contributed by atoms with Gasteiger partial charge < -0.3 is 10.3 Å². The van der Waals surface area contributed by atoms with E-state index >= 15 is 0 Å². The van der Waals surface area contributed by atoms with E-state index in [0.717, 1.165) is 12.2 Å². The quantitative estimate of drug-likeness (QED) is 0.560. The zero-order valence-electron chi connectivity index (χ0n) is 9.18. The molecule has 6 heteroatoms. The molecule has 2 rings (SSSR count). The number of nitrogens with two attached hydrogens (primary N) is 1. The molecule has 1 amide bonds. The normalized spacial score (nSPS) is 20.2. The molecule has 3 N–H and O–H groups in total. The number of hydrogen-bond donors (Lipinski definition) is 2. The third-order valence-electron chi connectivity index (χ3n) is 2.61. The van der Waals surface area contributed by atoms with Crippen molar-refractivity contribution in [3.63, 3.8) is 0 Å². The third kappa shape index (κ3) is 2.27. The number of carbonyl (C=O) groups is 1. The summed E-state index contributed by atoms with van der Waals surface area (Å²) in [6, 6.07) is 0. The number of carbonyl (C=O) groups excluding carboxylic acids is 1. The lowest BCUT2D eigenvalue weighted by Gasteiger charge is -2.15. The molecule has 1 saturated heterocycles. The Kier molecular flexibility index (Phi) is 3.00. The zero-order chi connectivity index (χ0) is 11.5. The first-order valence-corrected chi connectivity index (χ1v) is 5.24. The lowest BCUT2D eigenvalue weighted by Crippen LogP contribution is -2.25. The molecule has 16 heavy (non-hydrogen) atoms. The number of aromatic nitrogens is 2. The summed E-state index contributed by atoms with van der Waals surface area (Å²) >= 11 is 0. The first-order valence-electron chi connectivity index (χ1n) is 5.24. The Morgan fingerprint density at radius 3 is 2.88 bits per heavy atom. The van der Waals surface area contributed by atoms with Crippen LogP contribution >= 0.6 is 0 Å². The second-order valence-corrected chi connectivity index (χ2v) is 4.12. The molecule has 1 fully saturated rings. The van der Waals surface area contributed by atoms with Crippen LogP contribution in [-0.4, -0.2) is 27.3 Å². The predicted molar refractivity (Wildman–Crippen MR) is 59.0 cm³/mol. The van der Waals surface area contributed by atoms with Gasteiger partial charge >= 0.3 is 0 Å². The second kappa shape index (κ2) is 4.44. The standard InChI is InChI=1S/C10H15N5O/c1-7-2-10(16)15(5-7)6-8-3-13-9(14-11)4-12-8/h3-4,7H,2,5-6,11H2,1H3,(H,13,14). The minimum Gasteiger partial charge on any atom is -0.336 e. The summed E-state index contributed by atoms with van der Waals surface area (Å²) in [5.74, 6) is 6.33. The van der Waals surface area contributed by atoms with Crippen molar-refractivity contribution in [1.29, 1.82) is 0 Å². The number of nitrogens with zero attached hydrogens (tertiary/aromatic N) is 3. The van der Waals surface area contributed by atoms with Crippen LogP contribution in [0.2, 0.25) is 0 Å². The number of rotatable bonds is 3. The largest absolute Gasteiger partial charge is 0.336 e. The zero-order valence-corrected chi connectivity index (χ0v) is 9.18. The van der Waals surface area contributed by atoms with Gasteiger partial charge in [0, 0.05) is 13.0 Å². The van der Waals surface area contributed by atoms with Gasteiger partial charge in [-0.25, -0.2) is 10.8 Å². The fourth-order valence-electron chi connectivity index (χ4n) is 1.83. The van der Waals surface area contributed by atoms with Gasteiger partial charge in [-0.1, -0.05) is 6.92 Å². The Labute approximate surface area is 93.8 Å². The fraction of sp³-hybridized carbons (Fsp3) is 0.500. The Morgan fingerprint density at radius 1 is 1.56 bits per heavy atom. The van der Waals surface area contributed by atoms with Gasteiger partial charge in [-0.2, -0.15) is 0 Å². The molecular formula is C10H15N5O. The summed E-state index contributed by atoms with van der Waals surface area (Å²) in [6.45, 7) is 3.41. The van der Waals surface area contributed by atoms with Crippen molar-refractivity contribution in [1.82, 2.24) is 14.9 Å². The van der Waals surface area contributed by atoms with Crippen molar-refractivity contribution in [2.45, 2.75) is 19.9 Å². The van der Waals surface area contributed by atoms with Crippen molar-refractivity contribution in [2.24, 2.45) is 11.8 Å². The van der Waals surface area contributed by atoms with Crippen LogP contribution in [0.25, 0.3) is 0 Å². The van der Waals surface area contributed by atoms with Crippen LogP contribution in [0.5, 0.6) is 0 Å². The van der Waals surface area contributed by atoms with E-state index in [0.29, 0.717) is 24.7 Å². The van der Waals surface area contributed by atoms with Gasteiger partial charge in [0.05, 0.1) is 24.6 Å². The van der Waals surface area contributed by atoms with E-state index < -0.39 is 0 Å². The van der Waals surface area contributed by atoms with E-state index in [9.17, 15) is 4.79 Å². The van der Waals surface area contributed by atoms with Crippen LogP contribution in [0.3, 0.4) is 0 Å². The summed E-state index contributed by atoms with van der Waals surface area (Å²) in [5.41, 5.74) is 3.19. The lowest BCUT2D eigenvalue weighted by molar-refractivity contribution is -0.128. The topological polar surface area (TPSA) is 84.1 Å². The number of anilines is 1. The van der Waals surface area contributed by atoms with E-state index in [4.69, 9.17) is 5.84 Å². The molecule has 1 aromatic heterocycles. The van der Waals surface area contributed by atoms with Gasteiger partial charge in [0.15, 0.2) is 5.82 Å². The molecule has 1 aliphatic heterocycles. The Bertz CT molecular complexity index is 377. The highest BCUT2D eigenvalue weighted by Gasteiger charge is 2.26. The molecular weight excluding hydrogens is 206 g/mol. The summed E-state index contributed by atoms with van der Waals surface area (Å²) in [7, 11) is 0. The molecule has 0 aliphatic carbocycles. The second-order valence-electron chi connectivity index (χ2n) is 4.12. The summed E-state index contributed by atoms with van der Waals surface area (Å²) < 4.78 is 0. The van der Waals surface area contributed by atoms with Crippen LogP contribution in [-0.2, 0) is 11.3 Å². The Balaban J connectivity index is 2.01. The fourth-order valence-corrected chi connectivity index (χ4v) is 1.83. The summed E-state index contributed by atoms with van der Waals surface area (Å²) in [6.07, 6.45) is 3.82. The molecule has 0 radical (unpaired) electrons. The van der Waals surface area contributed by atoms with Gasteiger partial charge in [0.2, 0.25) is 5.91 Å². The van der Waals surface area contributed by atoms with Crippen molar-refractivity contribution in [3.8, 4) is 0 Å². The van der Waals surface area contributed by atoms with Gasteiger partial charge in [0.25, 0.3) is 0 Å².